The van der Waals surface area contributed by atoms with Crippen LogP contribution in [-0.2, 0) is 6.42 Å². The smallest absolute Gasteiger partial charge is 0.169 e. The van der Waals surface area contributed by atoms with E-state index in [4.69, 9.17) is 4.74 Å². The predicted octanol–water partition coefficient (Wildman–Crippen LogP) is 3.60. The predicted molar refractivity (Wildman–Crippen MR) is 79.3 cm³/mol. The second-order valence-corrected chi connectivity index (χ2v) is 4.70. The number of fused-ring (bicyclic) bond motifs is 1. The van der Waals surface area contributed by atoms with Crippen molar-refractivity contribution in [3.05, 3.63) is 65.9 Å². The fraction of sp³-hybridized carbons (Fsp3) is 0.118. The lowest BCUT2D eigenvalue weighted by molar-refractivity contribution is 0.0994. The van der Waals surface area contributed by atoms with Crippen molar-refractivity contribution in [2.45, 2.75) is 6.42 Å². The number of methoxy groups -OCH3 is 1. The fourth-order valence-corrected chi connectivity index (χ4v) is 2.33. The molecule has 0 spiro atoms. The van der Waals surface area contributed by atoms with Gasteiger partial charge >= 0.3 is 0 Å². The highest BCUT2D eigenvalue weighted by Crippen LogP contribution is 2.24. The SMILES string of the molecule is COc1ccc2[nH]cc(C(=O)Cc3ccccc3)c2c1. The second kappa shape index (κ2) is 5.21. The Labute approximate surface area is 117 Å². The number of hydrogen-bond donors (Lipinski definition) is 1. The van der Waals surface area contributed by atoms with Gasteiger partial charge in [0.05, 0.1) is 7.11 Å². The number of ketones is 1. The Bertz CT molecular complexity index is 744. The Morgan fingerprint density at radius 3 is 2.70 bits per heavy atom. The minimum absolute atomic E-state index is 0.107. The average Bonchev–Trinajstić information content (AvgIpc) is 2.91. The number of rotatable bonds is 4. The highest BCUT2D eigenvalue weighted by atomic mass is 16.5. The van der Waals surface area contributed by atoms with Crippen LogP contribution >= 0.6 is 0 Å². The first-order chi connectivity index (χ1) is 9.78. The summed E-state index contributed by atoms with van der Waals surface area (Å²) in [7, 11) is 1.62. The maximum atomic E-state index is 12.4. The van der Waals surface area contributed by atoms with Crippen LogP contribution in [0.3, 0.4) is 0 Å². The number of carbonyl (C=O) groups is 1. The molecule has 1 heterocycles. The van der Waals surface area contributed by atoms with Gasteiger partial charge in [0, 0.05) is 29.1 Å². The third-order valence-electron chi connectivity index (χ3n) is 3.40. The zero-order valence-electron chi connectivity index (χ0n) is 11.2. The molecule has 3 rings (SSSR count). The molecule has 0 bridgehead atoms. The van der Waals surface area contributed by atoms with E-state index in [0.29, 0.717) is 12.0 Å². The van der Waals surface area contributed by atoms with Crippen molar-refractivity contribution in [2.24, 2.45) is 0 Å². The third kappa shape index (κ3) is 2.30. The number of aromatic nitrogens is 1. The maximum absolute atomic E-state index is 12.4. The summed E-state index contributed by atoms with van der Waals surface area (Å²) in [5, 5.41) is 0.908. The molecule has 3 heteroatoms. The number of ether oxygens (including phenoxy) is 1. The van der Waals surface area contributed by atoms with Crippen molar-refractivity contribution in [1.82, 2.24) is 4.98 Å². The van der Waals surface area contributed by atoms with Gasteiger partial charge in [0.25, 0.3) is 0 Å². The van der Waals surface area contributed by atoms with Crippen molar-refractivity contribution < 1.29 is 9.53 Å². The van der Waals surface area contributed by atoms with E-state index in [9.17, 15) is 4.79 Å². The number of H-pyrrole nitrogens is 1. The molecule has 0 aliphatic rings. The van der Waals surface area contributed by atoms with Crippen LogP contribution in [0.25, 0.3) is 10.9 Å². The number of Topliss-reactive ketones (excluding diaryl/α,β-unsaturated/α-hetero) is 1. The summed E-state index contributed by atoms with van der Waals surface area (Å²) in [5.74, 6) is 0.863. The second-order valence-electron chi connectivity index (χ2n) is 4.70. The van der Waals surface area contributed by atoms with Gasteiger partial charge in [-0.2, -0.15) is 0 Å². The van der Waals surface area contributed by atoms with Crippen molar-refractivity contribution in [2.75, 3.05) is 7.11 Å². The van der Waals surface area contributed by atoms with Crippen LogP contribution < -0.4 is 4.74 Å². The number of hydrogen-bond acceptors (Lipinski definition) is 2. The van der Waals surface area contributed by atoms with Crippen LogP contribution in [0, 0.1) is 0 Å². The quantitative estimate of drug-likeness (QED) is 0.732. The molecule has 2 aromatic carbocycles. The molecule has 0 radical (unpaired) electrons. The van der Waals surface area contributed by atoms with Crippen molar-refractivity contribution in [1.29, 1.82) is 0 Å². The number of carbonyl (C=O) groups excluding carboxylic acids is 1. The standard InChI is InChI=1S/C17H15NO2/c1-20-13-7-8-16-14(10-13)15(11-18-16)17(19)9-12-5-3-2-4-6-12/h2-8,10-11,18H,9H2,1H3. The first-order valence-corrected chi connectivity index (χ1v) is 6.50. The van der Waals surface area contributed by atoms with Gasteiger partial charge in [-0.15, -0.1) is 0 Å². The molecular weight excluding hydrogens is 250 g/mol. The Hall–Kier alpha value is -2.55. The highest BCUT2D eigenvalue weighted by molar-refractivity contribution is 6.08. The fourth-order valence-electron chi connectivity index (χ4n) is 2.33. The molecule has 0 fully saturated rings. The Balaban J connectivity index is 1.95. The topological polar surface area (TPSA) is 42.1 Å². The van der Waals surface area contributed by atoms with Gasteiger partial charge in [0.1, 0.15) is 5.75 Å². The van der Waals surface area contributed by atoms with Crippen LogP contribution in [0.1, 0.15) is 15.9 Å². The summed E-state index contributed by atoms with van der Waals surface area (Å²) in [6, 6.07) is 15.5. The summed E-state index contributed by atoms with van der Waals surface area (Å²) >= 11 is 0. The lowest BCUT2D eigenvalue weighted by Gasteiger charge is -2.02. The molecule has 0 unspecified atom stereocenters. The normalized spacial score (nSPS) is 10.7. The number of aromatic amines is 1. The molecule has 0 aliphatic carbocycles. The van der Waals surface area contributed by atoms with E-state index in [1.807, 2.05) is 48.5 Å². The van der Waals surface area contributed by atoms with Crippen LogP contribution in [-0.4, -0.2) is 17.9 Å². The minimum Gasteiger partial charge on any atom is -0.497 e. The van der Waals surface area contributed by atoms with E-state index in [0.717, 1.165) is 22.2 Å². The van der Waals surface area contributed by atoms with E-state index >= 15 is 0 Å². The van der Waals surface area contributed by atoms with Crippen molar-refractivity contribution >= 4 is 16.7 Å². The summed E-state index contributed by atoms with van der Waals surface area (Å²) in [4.78, 5) is 15.6. The summed E-state index contributed by atoms with van der Waals surface area (Å²) in [5.41, 5.74) is 2.68. The van der Waals surface area contributed by atoms with Gasteiger partial charge in [-0.25, -0.2) is 0 Å². The Morgan fingerprint density at radius 1 is 1.15 bits per heavy atom. The first kappa shape index (κ1) is 12.5. The highest BCUT2D eigenvalue weighted by Gasteiger charge is 2.13. The van der Waals surface area contributed by atoms with E-state index < -0.39 is 0 Å². The molecule has 3 nitrogen and oxygen atoms in total. The number of nitrogens with one attached hydrogen (secondary N) is 1. The molecule has 0 amide bonds. The van der Waals surface area contributed by atoms with E-state index in [1.165, 1.54) is 0 Å². The van der Waals surface area contributed by atoms with Crippen LogP contribution in [0.4, 0.5) is 0 Å². The van der Waals surface area contributed by atoms with Crippen LogP contribution in [0.5, 0.6) is 5.75 Å². The molecule has 0 aliphatic heterocycles. The Kier molecular flexibility index (Phi) is 3.25. The van der Waals surface area contributed by atoms with Gasteiger partial charge in [0.15, 0.2) is 5.78 Å². The molecule has 100 valence electrons. The summed E-state index contributed by atoms with van der Waals surface area (Å²) in [6.07, 6.45) is 2.18. The van der Waals surface area contributed by atoms with Gasteiger partial charge in [-0.05, 0) is 23.8 Å². The van der Waals surface area contributed by atoms with Gasteiger partial charge in [-0.3, -0.25) is 4.79 Å². The third-order valence-corrected chi connectivity index (χ3v) is 3.40. The lowest BCUT2D eigenvalue weighted by Crippen LogP contribution is -2.02. The zero-order chi connectivity index (χ0) is 13.9. The van der Waals surface area contributed by atoms with E-state index in [-0.39, 0.29) is 5.78 Å². The average molecular weight is 265 g/mol. The molecular formula is C17H15NO2. The van der Waals surface area contributed by atoms with E-state index in [2.05, 4.69) is 4.98 Å². The monoisotopic (exact) mass is 265 g/mol. The van der Waals surface area contributed by atoms with Crippen LogP contribution in [0.15, 0.2) is 54.7 Å². The van der Waals surface area contributed by atoms with E-state index in [1.54, 1.807) is 13.3 Å². The zero-order valence-corrected chi connectivity index (χ0v) is 11.2. The largest absolute Gasteiger partial charge is 0.497 e. The molecule has 1 N–H and O–H groups in total. The molecule has 20 heavy (non-hydrogen) atoms. The molecule has 0 saturated heterocycles. The molecule has 0 atom stereocenters. The van der Waals surface area contributed by atoms with Gasteiger partial charge < -0.3 is 9.72 Å². The summed E-state index contributed by atoms with van der Waals surface area (Å²) < 4.78 is 5.22. The lowest BCUT2D eigenvalue weighted by atomic mass is 10.0. The minimum atomic E-state index is 0.107. The molecule has 3 aromatic rings. The first-order valence-electron chi connectivity index (χ1n) is 6.50. The molecule has 0 saturated carbocycles. The summed E-state index contributed by atoms with van der Waals surface area (Å²) in [6.45, 7) is 0. The maximum Gasteiger partial charge on any atom is 0.169 e. The van der Waals surface area contributed by atoms with Crippen molar-refractivity contribution in [3.63, 3.8) is 0 Å². The van der Waals surface area contributed by atoms with Crippen LogP contribution in [0.2, 0.25) is 0 Å². The van der Waals surface area contributed by atoms with Gasteiger partial charge in [0.2, 0.25) is 0 Å². The van der Waals surface area contributed by atoms with Crippen molar-refractivity contribution in [3.8, 4) is 5.75 Å². The van der Waals surface area contributed by atoms with Gasteiger partial charge in [-0.1, -0.05) is 30.3 Å². The number of benzene rings is 2. The Morgan fingerprint density at radius 2 is 1.95 bits per heavy atom. The molecule has 1 aromatic heterocycles.